The summed E-state index contributed by atoms with van der Waals surface area (Å²) in [5.74, 6) is -1.73. The highest BCUT2D eigenvalue weighted by Crippen LogP contribution is 2.49. The van der Waals surface area contributed by atoms with Crippen molar-refractivity contribution in [2.45, 2.75) is 136 Å². The highest BCUT2D eigenvalue weighted by molar-refractivity contribution is 6.01. The summed E-state index contributed by atoms with van der Waals surface area (Å²) >= 11 is 0. The first-order valence-electron chi connectivity index (χ1n) is 22.5. The molecule has 0 bridgehead atoms. The highest BCUT2D eigenvalue weighted by Gasteiger charge is 2.42. The summed E-state index contributed by atoms with van der Waals surface area (Å²) in [4.78, 5) is 48.2. The minimum atomic E-state index is -0.482. The zero-order valence-corrected chi connectivity index (χ0v) is 36.8. The first-order valence-corrected chi connectivity index (χ1v) is 22.5. The standard InChI is InChI=1S/C51H66N4O4/c1-9-12-29-53-42-21-17-35(4)33-40(42)50(5,6)44(53)23-19-37-15-14-16-38(48(37)52-31-27-39(28-32-52)49(58)59-55-46(56)25-26-47(55)57)20-24-45-51(7,8)41-34-36(11-3)18-22-43(41)54(45)30-13-10-2/h17-24,33-34,39H,4,9-16,25-32H2,1-3,5-8H3. The number of imide groups is 1. The number of anilines is 1. The Balaban J connectivity index is 1.26. The summed E-state index contributed by atoms with van der Waals surface area (Å²) in [5.41, 5.74) is 10.4. The molecule has 0 spiro atoms. The number of nitrogens with zero attached hydrogens (tertiary/aromatic N) is 4. The van der Waals surface area contributed by atoms with Crippen LogP contribution in [0.1, 0.15) is 136 Å². The van der Waals surface area contributed by atoms with Crippen LogP contribution >= 0.6 is 0 Å². The molecule has 2 aromatic carbocycles. The molecular formula is C51H66N4O4. The van der Waals surface area contributed by atoms with E-state index in [1.54, 1.807) is 0 Å². The van der Waals surface area contributed by atoms with Crippen molar-refractivity contribution >= 4 is 30.0 Å². The second-order valence-electron chi connectivity index (χ2n) is 18.3. The number of carbonyl (C=O) groups excluding carboxylic acids is 3. The van der Waals surface area contributed by atoms with Gasteiger partial charge in [-0.05, 0) is 90.6 Å². The predicted molar refractivity (Wildman–Crippen MR) is 237 cm³/mol. The Morgan fingerprint density at radius 3 is 2.34 bits per heavy atom. The number of aryl methyl sites for hydroxylation is 1. The number of benzene rings is 2. The lowest BCUT2D eigenvalue weighted by molar-refractivity contribution is -0.201. The van der Waals surface area contributed by atoms with E-state index in [2.05, 4.69) is 130 Å². The molecule has 2 fully saturated rings. The molecule has 0 N–H and O–H groups in total. The van der Waals surface area contributed by atoms with Gasteiger partial charge in [0.05, 0.1) is 12.0 Å². The first kappa shape index (κ1) is 42.3. The van der Waals surface area contributed by atoms with Gasteiger partial charge < -0.3 is 19.2 Å². The van der Waals surface area contributed by atoms with Gasteiger partial charge in [0.2, 0.25) is 0 Å². The van der Waals surface area contributed by atoms with Gasteiger partial charge in [0.1, 0.15) is 11.9 Å². The van der Waals surface area contributed by atoms with E-state index >= 15 is 0 Å². The molecule has 1 aliphatic carbocycles. The quantitative estimate of drug-likeness (QED) is 0.115. The van der Waals surface area contributed by atoms with Gasteiger partial charge >= 0.3 is 5.97 Å². The number of fused-ring (bicyclic) bond motifs is 2. The molecule has 0 atom stereocenters. The molecule has 4 heterocycles. The average Bonchev–Trinajstić information content (AvgIpc) is 3.74. The lowest BCUT2D eigenvalue weighted by Crippen LogP contribution is -2.40. The summed E-state index contributed by atoms with van der Waals surface area (Å²) in [5, 5.41) is 3.01. The van der Waals surface area contributed by atoms with Crippen molar-refractivity contribution in [2.24, 2.45) is 5.92 Å². The molecule has 7 rings (SSSR count). The Kier molecular flexibility index (Phi) is 12.5. The van der Waals surface area contributed by atoms with E-state index < -0.39 is 17.8 Å². The number of piperidine rings is 1. The van der Waals surface area contributed by atoms with Gasteiger partial charge in [-0.1, -0.05) is 104 Å². The van der Waals surface area contributed by atoms with Gasteiger partial charge in [-0.15, -0.1) is 17.2 Å². The topological polar surface area (TPSA) is 73.2 Å². The summed E-state index contributed by atoms with van der Waals surface area (Å²) in [6.07, 6.45) is 19.5. The predicted octanol–water partition coefficient (Wildman–Crippen LogP) is 8.50. The van der Waals surface area contributed by atoms with Gasteiger partial charge in [-0.25, -0.2) is 4.79 Å². The Labute approximate surface area is 352 Å². The van der Waals surface area contributed by atoms with Gasteiger partial charge in [0, 0.05) is 66.8 Å². The Morgan fingerprint density at radius 1 is 0.915 bits per heavy atom. The normalized spacial score (nSPS) is 21.8. The number of allylic oxidation sites excluding steroid dienone is 6. The smallest absolute Gasteiger partial charge is 0.336 e. The number of carbonyl (C=O) groups is 3. The molecule has 59 heavy (non-hydrogen) atoms. The number of likely N-dealkylation sites (tertiary alicyclic amines) is 1. The van der Waals surface area contributed by atoms with Crippen LogP contribution in [0.15, 0.2) is 83.2 Å². The van der Waals surface area contributed by atoms with Crippen molar-refractivity contribution in [3.05, 3.63) is 117 Å². The average molecular weight is 799 g/mol. The van der Waals surface area contributed by atoms with Crippen molar-refractivity contribution in [3.8, 4) is 0 Å². The monoisotopic (exact) mass is 799 g/mol. The number of unbranched alkanes of at least 4 members (excludes halogenated alkanes) is 2. The minimum Gasteiger partial charge on any atom is -0.372 e. The molecule has 5 aliphatic rings. The summed E-state index contributed by atoms with van der Waals surface area (Å²) in [6, 6.07) is 15.0. The molecule has 2 aromatic rings. The van der Waals surface area contributed by atoms with E-state index in [0.29, 0.717) is 31.0 Å². The zero-order chi connectivity index (χ0) is 42.1. The minimum absolute atomic E-state index is 0.0926. The zero-order valence-electron chi connectivity index (χ0n) is 36.8. The molecule has 314 valence electrons. The number of hydrogen-bond donors (Lipinski definition) is 0. The van der Waals surface area contributed by atoms with E-state index in [1.165, 1.54) is 56.3 Å². The van der Waals surface area contributed by atoms with Crippen LogP contribution in [0.25, 0.3) is 6.58 Å². The van der Waals surface area contributed by atoms with Gasteiger partial charge in [-0.3, -0.25) is 9.59 Å². The van der Waals surface area contributed by atoms with Crippen LogP contribution in [0, 0.1) is 12.0 Å². The molecule has 2 saturated heterocycles. The van der Waals surface area contributed by atoms with E-state index in [4.69, 9.17) is 4.84 Å². The second-order valence-corrected chi connectivity index (χ2v) is 18.3. The number of hydrogen-bond acceptors (Lipinski definition) is 6. The van der Waals surface area contributed by atoms with E-state index in [-0.39, 0.29) is 29.6 Å². The maximum atomic E-state index is 13.3. The van der Waals surface area contributed by atoms with Crippen LogP contribution in [-0.4, -0.2) is 53.9 Å². The van der Waals surface area contributed by atoms with Crippen molar-refractivity contribution in [1.82, 2.24) is 14.5 Å². The molecule has 8 heteroatoms. The number of rotatable bonds is 13. The van der Waals surface area contributed by atoms with E-state index in [1.807, 2.05) is 0 Å². The van der Waals surface area contributed by atoms with Crippen LogP contribution in [0.5, 0.6) is 0 Å². The van der Waals surface area contributed by atoms with Crippen molar-refractivity contribution in [2.75, 3.05) is 31.1 Å². The largest absolute Gasteiger partial charge is 0.372 e. The van der Waals surface area contributed by atoms with Crippen molar-refractivity contribution in [1.29, 1.82) is 0 Å². The SMILES string of the molecule is C=c1ccc2c(c1)C(C)(C)[C-](C=CC1=C(N3CCC(C(=O)ON4C(=O)CCC4=O)CC3)C(=CC=C3N(CCCC)c4ccc(CC)cc4C3(C)C)CCC1)[N+]=2CCCC. The highest BCUT2D eigenvalue weighted by atomic mass is 16.7. The van der Waals surface area contributed by atoms with Crippen LogP contribution in [0.3, 0.4) is 0 Å². The molecule has 0 radical (unpaired) electrons. The molecular weight excluding hydrogens is 733 g/mol. The number of hydroxylamine groups is 2. The third-order valence-corrected chi connectivity index (χ3v) is 13.5. The fourth-order valence-corrected chi connectivity index (χ4v) is 9.94. The molecule has 0 unspecified atom stereocenters. The molecule has 4 aliphatic heterocycles. The maximum absolute atomic E-state index is 13.3. The third kappa shape index (κ3) is 8.21. The Hall–Kier alpha value is -4.85. The molecule has 8 nitrogen and oxygen atoms in total. The molecule has 0 aromatic heterocycles. The second kappa shape index (κ2) is 17.4. The van der Waals surface area contributed by atoms with Gasteiger partial charge in [0.25, 0.3) is 11.8 Å². The van der Waals surface area contributed by atoms with E-state index in [9.17, 15) is 14.4 Å². The van der Waals surface area contributed by atoms with Crippen molar-refractivity contribution < 1.29 is 19.2 Å². The summed E-state index contributed by atoms with van der Waals surface area (Å²) < 4.78 is 2.53. The summed E-state index contributed by atoms with van der Waals surface area (Å²) in [7, 11) is 0. The lowest BCUT2D eigenvalue weighted by Gasteiger charge is -2.39. The molecule has 2 amide bonds. The summed E-state index contributed by atoms with van der Waals surface area (Å²) in [6.45, 7) is 23.8. The fraction of sp³-hybridized carbons (Fsp3) is 0.510. The Bertz CT molecular complexity index is 2200. The van der Waals surface area contributed by atoms with Crippen LogP contribution in [0.4, 0.5) is 5.69 Å². The third-order valence-electron chi connectivity index (χ3n) is 13.5. The lowest BCUT2D eigenvalue weighted by atomic mass is 9.79. The van der Waals surface area contributed by atoms with Crippen LogP contribution in [-0.2, 0) is 36.5 Å². The number of amides is 2. The van der Waals surface area contributed by atoms with Gasteiger partial charge in [-0.2, -0.15) is 0 Å². The van der Waals surface area contributed by atoms with Crippen LogP contribution < -0.4 is 20.1 Å². The first-order chi connectivity index (χ1) is 28.3. The van der Waals surface area contributed by atoms with Gasteiger partial charge in [0.15, 0.2) is 0 Å². The van der Waals surface area contributed by atoms with E-state index in [0.717, 1.165) is 69.7 Å². The Morgan fingerprint density at radius 2 is 1.64 bits per heavy atom. The maximum Gasteiger partial charge on any atom is 0.336 e. The van der Waals surface area contributed by atoms with Crippen LogP contribution in [0.2, 0.25) is 0 Å². The molecule has 0 saturated carbocycles. The fourth-order valence-electron chi connectivity index (χ4n) is 9.94. The van der Waals surface area contributed by atoms with Crippen molar-refractivity contribution in [3.63, 3.8) is 0 Å².